The minimum absolute atomic E-state index is 0.0566. The number of nitrogens with zero attached hydrogens (tertiary/aromatic N) is 4. The van der Waals surface area contributed by atoms with Gasteiger partial charge in [0.05, 0.1) is 5.69 Å². The fourth-order valence-electron chi connectivity index (χ4n) is 3.74. The van der Waals surface area contributed by atoms with Crippen LogP contribution < -0.4 is 4.90 Å². The van der Waals surface area contributed by atoms with Crippen molar-refractivity contribution in [2.24, 2.45) is 0 Å². The van der Waals surface area contributed by atoms with Crippen LogP contribution in [0.4, 0.5) is 14.9 Å². The molecule has 27 heavy (non-hydrogen) atoms. The first-order valence-corrected chi connectivity index (χ1v) is 9.18. The van der Waals surface area contributed by atoms with Gasteiger partial charge in [-0.25, -0.2) is 9.18 Å². The first-order chi connectivity index (χ1) is 13.1. The van der Waals surface area contributed by atoms with E-state index >= 15 is 0 Å². The summed E-state index contributed by atoms with van der Waals surface area (Å²) in [6.07, 6.45) is 4.79. The van der Waals surface area contributed by atoms with Crippen LogP contribution in [-0.2, 0) is 6.42 Å². The van der Waals surface area contributed by atoms with Crippen LogP contribution in [0.15, 0.2) is 42.7 Å². The number of aromatic nitrogens is 1. The summed E-state index contributed by atoms with van der Waals surface area (Å²) in [6.45, 7) is 2.32. The van der Waals surface area contributed by atoms with Gasteiger partial charge in [-0.15, -0.1) is 0 Å². The second kappa shape index (κ2) is 7.34. The molecular weight excluding hydrogens is 347 g/mol. The second-order valence-electron chi connectivity index (χ2n) is 6.80. The Hall–Kier alpha value is -2.96. The minimum atomic E-state index is -0.355. The summed E-state index contributed by atoms with van der Waals surface area (Å²) < 4.78 is 14.3. The number of carbonyl (C=O) groups is 2. The van der Waals surface area contributed by atoms with Crippen LogP contribution in [0.5, 0.6) is 0 Å². The van der Waals surface area contributed by atoms with E-state index in [1.165, 1.54) is 6.07 Å². The Morgan fingerprint density at radius 2 is 1.63 bits per heavy atom. The number of hydrogen-bond acceptors (Lipinski definition) is 3. The summed E-state index contributed by atoms with van der Waals surface area (Å²) in [5.41, 5.74) is 1.88. The molecule has 2 aliphatic rings. The fraction of sp³-hybridized carbons (Fsp3) is 0.350. The third-order valence-electron chi connectivity index (χ3n) is 5.16. The number of amides is 3. The zero-order valence-corrected chi connectivity index (χ0v) is 15.0. The molecule has 1 aromatic carbocycles. The molecule has 2 aromatic rings. The molecule has 0 bridgehead atoms. The van der Waals surface area contributed by atoms with Gasteiger partial charge in [0.15, 0.2) is 0 Å². The number of pyridine rings is 1. The van der Waals surface area contributed by atoms with E-state index in [0.29, 0.717) is 44.0 Å². The number of halogens is 1. The van der Waals surface area contributed by atoms with E-state index in [2.05, 4.69) is 4.98 Å². The molecule has 3 heterocycles. The Kier molecular flexibility index (Phi) is 4.75. The lowest BCUT2D eigenvalue weighted by Crippen LogP contribution is -2.55. The van der Waals surface area contributed by atoms with Gasteiger partial charge in [-0.2, -0.15) is 0 Å². The largest absolute Gasteiger partial charge is 0.335 e. The third-order valence-corrected chi connectivity index (χ3v) is 5.16. The monoisotopic (exact) mass is 368 g/mol. The van der Waals surface area contributed by atoms with Gasteiger partial charge in [-0.3, -0.25) is 14.7 Å². The predicted octanol–water partition coefficient (Wildman–Crippen LogP) is 2.55. The molecule has 3 amide bonds. The van der Waals surface area contributed by atoms with E-state index < -0.39 is 0 Å². The maximum Gasteiger partial charge on any atom is 0.324 e. The summed E-state index contributed by atoms with van der Waals surface area (Å²) in [5, 5.41) is 0. The highest BCUT2D eigenvalue weighted by Gasteiger charge is 2.31. The molecule has 0 saturated carbocycles. The molecule has 140 valence electrons. The maximum absolute atomic E-state index is 14.3. The molecule has 2 aliphatic heterocycles. The van der Waals surface area contributed by atoms with Crippen LogP contribution in [0.1, 0.15) is 22.3 Å². The number of rotatable bonds is 1. The summed E-state index contributed by atoms with van der Waals surface area (Å²) >= 11 is 0. The predicted molar refractivity (Wildman–Crippen MR) is 99.2 cm³/mol. The van der Waals surface area contributed by atoms with E-state index in [4.69, 9.17) is 0 Å². The first-order valence-electron chi connectivity index (χ1n) is 9.18. The number of aryl methyl sites for hydroxylation is 1. The van der Waals surface area contributed by atoms with Crippen molar-refractivity contribution in [1.29, 1.82) is 0 Å². The van der Waals surface area contributed by atoms with Crippen molar-refractivity contribution in [3.05, 3.63) is 59.7 Å². The molecule has 6 nitrogen and oxygen atoms in total. The second-order valence-corrected chi connectivity index (χ2v) is 6.80. The molecule has 0 N–H and O–H groups in total. The lowest BCUT2D eigenvalue weighted by Gasteiger charge is -2.39. The number of para-hydroxylation sites is 1. The zero-order valence-electron chi connectivity index (χ0n) is 15.0. The number of fused-ring (bicyclic) bond motifs is 1. The normalized spacial score (nSPS) is 16.9. The quantitative estimate of drug-likeness (QED) is 0.777. The van der Waals surface area contributed by atoms with E-state index in [-0.39, 0.29) is 17.8 Å². The topological polar surface area (TPSA) is 56.8 Å². The summed E-state index contributed by atoms with van der Waals surface area (Å²) in [6, 6.07) is 8.16. The summed E-state index contributed by atoms with van der Waals surface area (Å²) in [5.74, 6) is -0.411. The number of urea groups is 1. The van der Waals surface area contributed by atoms with Crippen LogP contribution in [0.2, 0.25) is 0 Å². The number of benzene rings is 1. The SMILES string of the molecule is O=C(c1ccncc1)N1CCN(C(=O)N2CCCc3cccc(F)c32)CC1. The summed E-state index contributed by atoms with van der Waals surface area (Å²) in [4.78, 5) is 34.4. The van der Waals surface area contributed by atoms with Crippen molar-refractivity contribution in [3.63, 3.8) is 0 Å². The fourth-order valence-corrected chi connectivity index (χ4v) is 3.74. The molecule has 4 rings (SSSR count). The average molecular weight is 368 g/mol. The van der Waals surface area contributed by atoms with Gasteiger partial charge in [-0.1, -0.05) is 12.1 Å². The Balaban J connectivity index is 1.44. The standard InChI is InChI=1S/C20H21FN4O2/c21-17-5-1-3-15-4-2-10-25(18(15)17)20(27)24-13-11-23(12-14-24)19(26)16-6-8-22-9-7-16/h1,3,5-9H,2,4,10-14H2. The number of anilines is 1. The zero-order chi connectivity index (χ0) is 18.8. The van der Waals surface area contributed by atoms with E-state index in [1.54, 1.807) is 45.3 Å². The highest BCUT2D eigenvalue weighted by atomic mass is 19.1. The van der Waals surface area contributed by atoms with Crippen molar-refractivity contribution in [2.45, 2.75) is 12.8 Å². The molecular formula is C20H21FN4O2. The number of hydrogen-bond donors (Lipinski definition) is 0. The van der Waals surface area contributed by atoms with Gasteiger partial charge in [0, 0.05) is 50.7 Å². The minimum Gasteiger partial charge on any atom is -0.335 e. The lowest BCUT2D eigenvalue weighted by molar-refractivity contribution is 0.0668. The molecule has 0 aliphatic carbocycles. The van der Waals surface area contributed by atoms with Crippen LogP contribution in [0.3, 0.4) is 0 Å². The number of piperazine rings is 1. The van der Waals surface area contributed by atoms with E-state index in [1.807, 2.05) is 6.07 Å². The molecule has 1 aromatic heterocycles. The van der Waals surface area contributed by atoms with Crippen molar-refractivity contribution in [2.75, 3.05) is 37.6 Å². The van der Waals surface area contributed by atoms with Crippen molar-refractivity contribution < 1.29 is 14.0 Å². The molecule has 1 fully saturated rings. The van der Waals surface area contributed by atoms with Gasteiger partial charge in [0.25, 0.3) is 5.91 Å². The lowest BCUT2D eigenvalue weighted by atomic mass is 10.0. The third kappa shape index (κ3) is 3.37. The Morgan fingerprint density at radius 1 is 0.926 bits per heavy atom. The van der Waals surface area contributed by atoms with Gasteiger partial charge in [0.1, 0.15) is 5.82 Å². The molecule has 7 heteroatoms. The first kappa shape index (κ1) is 17.5. The van der Waals surface area contributed by atoms with Gasteiger partial charge < -0.3 is 9.80 Å². The van der Waals surface area contributed by atoms with Gasteiger partial charge in [0.2, 0.25) is 0 Å². The Labute approximate surface area is 157 Å². The molecule has 0 spiro atoms. The highest BCUT2D eigenvalue weighted by Crippen LogP contribution is 2.30. The van der Waals surface area contributed by atoms with Gasteiger partial charge >= 0.3 is 6.03 Å². The van der Waals surface area contributed by atoms with E-state index in [0.717, 1.165) is 18.4 Å². The van der Waals surface area contributed by atoms with Gasteiger partial charge in [-0.05, 0) is 36.6 Å². The molecule has 0 unspecified atom stereocenters. The van der Waals surface area contributed by atoms with Crippen molar-refractivity contribution >= 4 is 17.6 Å². The van der Waals surface area contributed by atoms with Crippen molar-refractivity contribution in [1.82, 2.24) is 14.8 Å². The molecule has 1 saturated heterocycles. The van der Waals surface area contributed by atoms with Crippen LogP contribution >= 0.6 is 0 Å². The van der Waals surface area contributed by atoms with E-state index in [9.17, 15) is 14.0 Å². The molecule has 0 radical (unpaired) electrons. The van der Waals surface area contributed by atoms with Crippen molar-refractivity contribution in [3.8, 4) is 0 Å². The summed E-state index contributed by atoms with van der Waals surface area (Å²) in [7, 11) is 0. The van der Waals surface area contributed by atoms with Crippen LogP contribution in [0, 0.1) is 5.82 Å². The number of carbonyl (C=O) groups excluding carboxylic acids is 2. The van der Waals surface area contributed by atoms with Crippen LogP contribution in [0.25, 0.3) is 0 Å². The van der Waals surface area contributed by atoms with Crippen LogP contribution in [-0.4, -0.2) is 59.4 Å². The Bertz CT molecular complexity index is 850. The maximum atomic E-state index is 14.3. The highest BCUT2D eigenvalue weighted by molar-refractivity contribution is 5.95. The smallest absolute Gasteiger partial charge is 0.324 e. The molecule has 0 atom stereocenters. The average Bonchev–Trinajstić information content (AvgIpc) is 2.73. The Morgan fingerprint density at radius 3 is 2.37 bits per heavy atom.